The van der Waals surface area contributed by atoms with Gasteiger partial charge >= 0.3 is 0 Å². The monoisotopic (exact) mass is 343 g/mol. The summed E-state index contributed by atoms with van der Waals surface area (Å²) >= 11 is 0. The molecule has 1 amide bonds. The average molecular weight is 343 g/mol. The second-order valence-electron chi connectivity index (χ2n) is 5.68. The van der Waals surface area contributed by atoms with Crippen LogP contribution in [-0.2, 0) is 11.3 Å². The van der Waals surface area contributed by atoms with Crippen molar-refractivity contribution in [2.75, 3.05) is 21.3 Å². The normalized spacial score (nSPS) is 10.8. The molecule has 0 saturated heterocycles. The molecule has 0 N–H and O–H groups in total. The van der Waals surface area contributed by atoms with Crippen LogP contribution in [0.1, 0.15) is 16.7 Å². The standard InChI is InChI=1S/C20H22FNO3/c1-14-11-18(24-3)19(25-4)12-16(14)13-22(2)20(23)10-9-15-7-5-6-8-17(15)21/h5-12H,13H2,1-4H3/b10-9+. The van der Waals surface area contributed by atoms with E-state index in [2.05, 4.69) is 0 Å². The molecule has 25 heavy (non-hydrogen) atoms. The fourth-order valence-corrected chi connectivity index (χ4v) is 2.43. The van der Waals surface area contributed by atoms with E-state index in [9.17, 15) is 9.18 Å². The SMILES string of the molecule is COc1cc(C)c(CN(C)C(=O)/C=C/c2ccccc2F)cc1OC. The first kappa shape index (κ1) is 18.5. The van der Waals surface area contributed by atoms with Crippen molar-refractivity contribution in [1.82, 2.24) is 4.90 Å². The number of ether oxygens (including phenoxy) is 2. The molecule has 0 aromatic heterocycles. The maximum atomic E-state index is 13.6. The zero-order valence-electron chi connectivity index (χ0n) is 14.9. The molecule has 0 radical (unpaired) electrons. The van der Waals surface area contributed by atoms with E-state index in [0.29, 0.717) is 23.6 Å². The number of rotatable bonds is 6. The van der Waals surface area contributed by atoms with Gasteiger partial charge in [-0.1, -0.05) is 18.2 Å². The Kier molecular flexibility index (Phi) is 6.17. The van der Waals surface area contributed by atoms with Crippen LogP contribution in [-0.4, -0.2) is 32.1 Å². The molecule has 4 nitrogen and oxygen atoms in total. The molecule has 0 aliphatic rings. The summed E-state index contributed by atoms with van der Waals surface area (Å²) in [6.07, 6.45) is 2.85. The van der Waals surface area contributed by atoms with Gasteiger partial charge in [-0.25, -0.2) is 4.39 Å². The van der Waals surface area contributed by atoms with E-state index in [0.717, 1.165) is 11.1 Å². The predicted molar refractivity (Wildman–Crippen MR) is 96.2 cm³/mol. The van der Waals surface area contributed by atoms with Gasteiger partial charge in [0.05, 0.1) is 14.2 Å². The van der Waals surface area contributed by atoms with Crippen molar-refractivity contribution < 1.29 is 18.7 Å². The summed E-state index contributed by atoms with van der Waals surface area (Å²) in [7, 11) is 4.85. The molecule has 0 atom stereocenters. The Morgan fingerprint density at radius 1 is 1.16 bits per heavy atom. The molecule has 0 spiro atoms. The Balaban J connectivity index is 2.12. The van der Waals surface area contributed by atoms with E-state index in [1.54, 1.807) is 44.4 Å². The summed E-state index contributed by atoms with van der Waals surface area (Å²) in [5.41, 5.74) is 2.33. The number of nitrogens with zero attached hydrogens (tertiary/aromatic N) is 1. The van der Waals surface area contributed by atoms with Gasteiger partial charge in [0.1, 0.15) is 5.82 Å². The number of hydrogen-bond acceptors (Lipinski definition) is 3. The third-order valence-corrected chi connectivity index (χ3v) is 3.94. The second kappa shape index (κ2) is 8.33. The minimum absolute atomic E-state index is 0.211. The molecule has 0 heterocycles. The van der Waals surface area contributed by atoms with E-state index in [4.69, 9.17) is 9.47 Å². The molecule has 132 valence electrons. The van der Waals surface area contributed by atoms with Crippen molar-refractivity contribution in [1.29, 1.82) is 0 Å². The third kappa shape index (κ3) is 4.59. The van der Waals surface area contributed by atoms with Gasteiger partial charge in [0.25, 0.3) is 0 Å². The molecule has 0 bridgehead atoms. The Hall–Kier alpha value is -2.82. The fraction of sp³-hybridized carbons (Fsp3) is 0.250. The highest BCUT2D eigenvalue weighted by Gasteiger charge is 2.12. The summed E-state index contributed by atoms with van der Waals surface area (Å²) in [6.45, 7) is 2.36. The highest BCUT2D eigenvalue weighted by molar-refractivity contribution is 5.91. The number of carbonyl (C=O) groups is 1. The molecule has 5 heteroatoms. The quantitative estimate of drug-likeness (QED) is 0.749. The molecule has 2 rings (SSSR count). The molecule has 2 aromatic rings. The van der Waals surface area contributed by atoms with Crippen LogP contribution in [0, 0.1) is 12.7 Å². The van der Waals surface area contributed by atoms with Crippen molar-refractivity contribution in [2.45, 2.75) is 13.5 Å². The lowest BCUT2D eigenvalue weighted by Gasteiger charge is -2.18. The molecule has 0 aliphatic heterocycles. The van der Waals surface area contributed by atoms with Crippen LogP contribution in [0.2, 0.25) is 0 Å². The van der Waals surface area contributed by atoms with Gasteiger partial charge in [-0.3, -0.25) is 4.79 Å². The van der Waals surface area contributed by atoms with E-state index in [1.165, 1.54) is 18.2 Å². The molecule has 0 saturated carbocycles. The van der Waals surface area contributed by atoms with Gasteiger partial charge in [-0.05, 0) is 42.3 Å². The van der Waals surface area contributed by atoms with Crippen LogP contribution >= 0.6 is 0 Å². The topological polar surface area (TPSA) is 38.8 Å². The summed E-state index contributed by atoms with van der Waals surface area (Å²) < 4.78 is 24.2. The van der Waals surface area contributed by atoms with Gasteiger partial charge in [0.2, 0.25) is 5.91 Å². The Morgan fingerprint density at radius 3 is 2.44 bits per heavy atom. The van der Waals surface area contributed by atoms with Gasteiger partial charge in [0, 0.05) is 25.2 Å². The number of hydrogen-bond donors (Lipinski definition) is 0. The van der Waals surface area contributed by atoms with Gasteiger partial charge < -0.3 is 14.4 Å². The number of carbonyl (C=O) groups excluding carboxylic acids is 1. The summed E-state index contributed by atoms with van der Waals surface area (Å²) in [5, 5.41) is 0. The van der Waals surface area contributed by atoms with Crippen LogP contribution in [0.25, 0.3) is 6.08 Å². The number of likely N-dealkylation sites (N-methyl/N-ethyl adjacent to an activating group) is 1. The number of halogens is 1. The summed E-state index contributed by atoms with van der Waals surface area (Å²) in [4.78, 5) is 13.8. The van der Waals surface area contributed by atoms with Crippen LogP contribution < -0.4 is 9.47 Å². The van der Waals surface area contributed by atoms with E-state index >= 15 is 0 Å². The van der Waals surface area contributed by atoms with Crippen LogP contribution in [0.3, 0.4) is 0 Å². The lowest BCUT2D eigenvalue weighted by molar-refractivity contribution is -0.125. The van der Waals surface area contributed by atoms with Gasteiger partial charge in [-0.15, -0.1) is 0 Å². The molecule has 0 unspecified atom stereocenters. The summed E-state index contributed by atoms with van der Waals surface area (Å²) in [5.74, 6) is 0.699. The van der Waals surface area contributed by atoms with Crippen LogP contribution in [0.5, 0.6) is 11.5 Å². The predicted octanol–water partition coefficient (Wildman–Crippen LogP) is 3.82. The van der Waals surface area contributed by atoms with E-state index in [1.807, 2.05) is 19.1 Å². The molecular formula is C20H22FNO3. The van der Waals surface area contributed by atoms with Crippen LogP contribution in [0.15, 0.2) is 42.5 Å². The van der Waals surface area contributed by atoms with Crippen LogP contribution in [0.4, 0.5) is 4.39 Å². The average Bonchev–Trinajstić information content (AvgIpc) is 2.61. The van der Waals surface area contributed by atoms with Crippen molar-refractivity contribution in [3.05, 3.63) is 65.0 Å². The number of methoxy groups -OCH3 is 2. The largest absolute Gasteiger partial charge is 0.493 e. The van der Waals surface area contributed by atoms with Gasteiger partial charge in [0.15, 0.2) is 11.5 Å². The van der Waals surface area contributed by atoms with Crippen molar-refractivity contribution in [3.8, 4) is 11.5 Å². The fourth-order valence-electron chi connectivity index (χ4n) is 2.43. The molecular weight excluding hydrogens is 321 g/mol. The minimum atomic E-state index is -0.357. The van der Waals surface area contributed by atoms with Crippen molar-refractivity contribution in [2.24, 2.45) is 0 Å². The highest BCUT2D eigenvalue weighted by Crippen LogP contribution is 2.30. The van der Waals surface area contributed by atoms with Gasteiger partial charge in [-0.2, -0.15) is 0 Å². The zero-order valence-corrected chi connectivity index (χ0v) is 14.9. The van der Waals surface area contributed by atoms with E-state index in [-0.39, 0.29) is 11.7 Å². The number of amides is 1. The van der Waals surface area contributed by atoms with Crippen molar-refractivity contribution >= 4 is 12.0 Å². The lowest BCUT2D eigenvalue weighted by atomic mass is 10.1. The van der Waals surface area contributed by atoms with Crippen molar-refractivity contribution in [3.63, 3.8) is 0 Å². The smallest absolute Gasteiger partial charge is 0.246 e. The summed E-state index contributed by atoms with van der Waals surface area (Å²) in [6, 6.07) is 10.1. The zero-order chi connectivity index (χ0) is 18.4. The minimum Gasteiger partial charge on any atom is -0.493 e. The lowest BCUT2D eigenvalue weighted by Crippen LogP contribution is -2.24. The Bertz CT molecular complexity index is 787. The maximum absolute atomic E-state index is 13.6. The van der Waals surface area contributed by atoms with E-state index < -0.39 is 0 Å². The molecule has 2 aromatic carbocycles. The maximum Gasteiger partial charge on any atom is 0.246 e. The Labute approximate surface area is 147 Å². The highest BCUT2D eigenvalue weighted by atomic mass is 19.1. The Morgan fingerprint density at radius 2 is 1.80 bits per heavy atom. The second-order valence-corrected chi connectivity index (χ2v) is 5.68. The molecule has 0 fully saturated rings. The first-order valence-corrected chi connectivity index (χ1v) is 7.85. The molecule has 0 aliphatic carbocycles. The first-order chi connectivity index (χ1) is 12.0. The third-order valence-electron chi connectivity index (χ3n) is 3.94. The first-order valence-electron chi connectivity index (χ1n) is 7.85. The number of benzene rings is 2. The number of aryl methyl sites for hydroxylation is 1.